The molecule has 0 spiro atoms. The van der Waals surface area contributed by atoms with E-state index in [4.69, 9.17) is 23.2 Å². The average Bonchev–Trinajstić information content (AvgIpc) is 2.78. The summed E-state index contributed by atoms with van der Waals surface area (Å²) < 4.78 is 25.4. The molecule has 0 unspecified atom stereocenters. The van der Waals surface area contributed by atoms with Gasteiger partial charge in [0, 0.05) is 31.1 Å². The van der Waals surface area contributed by atoms with Crippen LogP contribution in [-0.2, 0) is 14.8 Å². The van der Waals surface area contributed by atoms with Gasteiger partial charge in [-0.2, -0.15) is 0 Å². The molecule has 2 rings (SSSR count). The van der Waals surface area contributed by atoms with Crippen molar-refractivity contribution < 1.29 is 13.2 Å². The zero-order chi connectivity index (χ0) is 17.7. The van der Waals surface area contributed by atoms with Crippen LogP contribution in [0.4, 0.5) is 5.69 Å². The van der Waals surface area contributed by atoms with E-state index in [1.54, 1.807) is 12.1 Å². The lowest BCUT2D eigenvalue weighted by Gasteiger charge is -2.25. The summed E-state index contributed by atoms with van der Waals surface area (Å²) in [5.41, 5.74) is 0.301. The van der Waals surface area contributed by atoms with Crippen molar-refractivity contribution in [1.82, 2.24) is 4.90 Å². The molecular formula is C16H22Cl2N2O3S. The molecule has 0 aromatic heterocycles. The molecule has 1 amide bonds. The van der Waals surface area contributed by atoms with E-state index in [0.717, 1.165) is 49.3 Å². The van der Waals surface area contributed by atoms with Crippen molar-refractivity contribution in [2.45, 2.75) is 32.1 Å². The van der Waals surface area contributed by atoms with Gasteiger partial charge < -0.3 is 4.90 Å². The fourth-order valence-corrected chi connectivity index (χ4v) is 4.18. The summed E-state index contributed by atoms with van der Waals surface area (Å²) in [5.74, 6) is -0.0244. The molecule has 0 saturated carbocycles. The van der Waals surface area contributed by atoms with Crippen molar-refractivity contribution in [3.63, 3.8) is 0 Å². The van der Waals surface area contributed by atoms with Crippen LogP contribution >= 0.6 is 23.2 Å². The molecule has 0 radical (unpaired) electrons. The molecular weight excluding hydrogens is 371 g/mol. The Labute approximate surface area is 153 Å². The van der Waals surface area contributed by atoms with E-state index in [0.29, 0.717) is 10.7 Å². The molecule has 0 aliphatic carbocycles. The molecule has 1 aromatic carbocycles. The lowest BCUT2D eigenvalue weighted by Crippen LogP contribution is -2.37. The van der Waals surface area contributed by atoms with Gasteiger partial charge in [-0.15, -0.1) is 0 Å². The predicted octanol–water partition coefficient (Wildman–Crippen LogP) is 3.55. The SMILES string of the molecule is CS(=O)(=O)N(CCC(=O)N1CCCCCC1)c1cc(Cl)ccc1Cl. The number of sulfonamides is 1. The number of nitrogens with zero attached hydrogens (tertiary/aromatic N) is 2. The molecule has 1 aromatic rings. The molecule has 0 N–H and O–H groups in total. The summed E-state index contributed by atoms with van der Waals surface area (Å²) in [7, 11) is -3.57. The molecule has 1 fully saturated rings. The summed E-state index contributed by atoms with van der Waals surface area (Å²) >= 11 is 12.1. The molecule has 24 heavy (non-hydrogen) atoms. The number of hydrogen-bond acceptors (Lipinski definition) is 3. The Morgan fingerprint density at radius 1 is 1.17 bits per heavy atom. The summed E-state index contributed by atoms with van der Waals surface area (Å²) in [6, 6.07) is 4.64. The van der Waals surface area contributed by atoms with E-state index in [1.165, 1.54) is 6.07 Å². The quantitative estimate of drug-likeness (QED) is 0.769. The first-order valence-electron chi connectivity index (χ1n) is 7.99. The summed E-state index contributed by atoms with van der Waals surface area (Å²) in [5, 5.41) is 0.675. The Bertz CT molecular complexity index is 687. The first-order chi connectivity index (χ1) is 11.3. The van der Waals surface area contributed by atoms with Crippen LogP contribution in [0.1, 0.15) is 32.1 Å². The maximum Gasteiger partial charge on any atom is 0.232 e. The zero-order valence-corrected chi connectivity index (χ0v) is 16.0. The van der Waals surface area contributed by atoms with Gasteiger partial charge in [0.25, 0.3) is 0 Å². The van der Waals surface area contributed by atoms with Crippen LogP contribution in [0.5, 0.6) is 0 Å². The van der Waals surface area contributed by atoms with E-state index >= 15 is 0 Å². The second kappa shape index (κ2) is 8.41. The molecule has 134 valence electrons. The number of hydrogen-bond donors (Lipinski definition) is 0. The first kappa shape index (κ1) is 19.3. The van der Waals surface area contributed by atoms with Crippen LogP contribution < -0.4 is 4.31 Å². The summed E-state index contributed by atoms with van der Waals surface area (Å²) in [4.78, 5) is 14.2. The van der Waals surface area contributed by atoms with Crippen molar-refractivity contribution in [3.8, 4) is 0 Å². The molecule has 0 atom stereocenters. The maximum atomic E-state index is 12.4. The van der Waals surface area contributed by atoms with Crippen LogP contribution in [0.2, 0.25) is 10.0 Å². The smallest absolute Gasteiger partial charge is 0.232 e. The summed E-state index contributed by atoms with van der Waals surface area (Å²) in [6.45, 7) is 1.54. The second-order valence-electron chi connectivity index (χ2n) is 5.98. The molecule has 8 heteroatoms. The largest absolute Gasteiger partial charge is 0.343 e. The topological polar surface area (TPSA) is 57.7 Å². The number of rotatable bonds is 5. The minimum atomic E-state index is -3.57. The van der Waals surface area contributed by atoms with Gasteiger partial charge in [-0.05, 0) is 31.0 Å². The lowest BCUT2D eigenvalue weighted by molar-refractivity contribution is -0.130. The van der Waals surface area contributed by atoms with Crippen LogP contribution in [-0.4, -0.2) is 45.1 Å². The number of carbonyl (C=O) groups excluding carboxylic acids is 1. The van der Waals surface area contributed by atoms with Crippen LogP contribution in [0, 0.1) is 0 Å². The van der Waals surface area contributed by atoms with Crippen LogP contribution in [0.25, 0.3) is 0 Å². The number of benzene rings is 1. The van der Waals surface area contributed by atoms with Crippen molar-refractivity contribution in [2.75, 3.05) is 30.2 Å². The van der Waals surface area contributed by atoms with Gasteiger partial charge in [-0.3, -0.25) is 9.10 Å². The minimum Gasteiger partial charge on any atom is -0.343 e. The second-order valence-corrected chi connectivity index (χ2v) is 8.73. The first-order valence-corrected chi connectivity index (χ1v) is 10.6. The monoisotopic (exact) mass is 392 g/mol. The van der Waals surface area contributed by atoms with Gasteiger partial charge in [0.1, 0.15) is 0 Å². The fraction of sp³-hybridized carbons (Fsp3) is 0.562. The van der Waals surface area contributed by atoms with Gasteiger partial charge in [-0.1, -0.05) is 36.0 Å². The third kappa shape index (κ3) is 5.26. The predicted molar refractivity (Wildman–Crippen MR) is 98.3 cm³/mol. The highest BCUT2D eigenvalue weighted by atomic mass is 35.5. The highest BCUT2D eigenvalue weighted by Crippen LogP contribution is 2.30. The van der Waals surface area contributed by atoms with E-state index < -0.39 is 10.0 Å². The van der Waals surface area contributed by atoms with E-state index in [2.05, 4.69) is 0 Å². The Morgan fingerprint density at radius 3 is 2.38 bits per heavy atom. The van der Waals surface area contributed by atoms with Crippen LogP contribution in [0.3, 0.4) is 0 Å². The van der Waals surface area contributed by atoms with E-state index in [-0.39, 0.29) is 23.9 Å². The van der Waals surface area contributed by atoms with E-state index in [9.17, 15) is 13.2 Å². The highest BCUT2D eigenvalue weighted by molar-refractivity contribution is 7.92. The lowest BCUT2D eigenvalue weighted by atomic mass is 10.2. The summed E-state index contributed by atoms with van der Waals surface area (Å²) in [6.07, 6.45) is 5.49. The third-order valence-corrected chi connectivity index (χ3v) is 5.80. The number of carbonyl (C=O) groups is 1. The molecule has 1 heterocycles. The standard InChI is InChI=1S/C16H22Cl2N2O3S/c1-24(22,23)20(15-12-13(17)6-7-14(15)18)11-8-16(21)19-9-4-2-3-5-10-19/h6-7,12H,2-5,8-11H2,1H3. The van der Waals surface area contributed by atoms with Gasteiger partial charge in [0.05, 0.1) is 17.0 Å². The zero-order valence-electron chi connectivity index (χ0n) is 13.7. The van der Waals surface area contributed by atoms with Crippen molar-refractivity contribution >= 4 is 44.8 Å². The molecule has 1 aliphatic heterocycles. The molecule has 0 bridgehead atoms. The average molecular weight is 393 g/mol. The van der Waals surface area contributed by atoms with Crippen molar-refractivity contribution in [2.24, 2.45) is 0 Å². The van der Waals surface area contributed by atoms with Gasteiger partial charge >= 0.3 is 0 Å². The number of anilines is 1. The Hall–Kier alpha value is -0.980. The van der Waals surface area contributed by atoms with Crippen molar-refractivity contribution in [3.05, 3.63) is 28.2 Å². The van der Waals surface area contributed by atoms with E-state index in [1.807, 2.05) is 4.90 Å². The number of halogens is 2. The number of amides is 1. The Morgan fingerprint density at radius 2 is 1.79 bits per heavy atom. The molecule has 1 aliphatic rings. The third-order valence-electron chi connectivity index (χ3n) is 4.06. The molecule has 1 saturated heterocycles. The fourth-order valence-electron chi connectivity index (χ4n) is 2.82. The van der Waals surface area contributed by atoms with Gasteiger partial charge in [0.15, 0.2) is 0 Å². The van der Waals surface area contributed by atoms with Gasteiger partial charge in [0.2, 0.25) is 15.9 Å². The van der Waals surface area contributed by atoms with Gasteiger partial charge in [-0.25, -0.2) is 8.42 Å². The van der Waals surface area contributed by atoms with Crippen molar-refractivity contribution in [1.29, 1.82) is 0 Å². The highest BCUT2D eigenvalue weighted by Gasteiger charge is 2.23. The minimum absolute atomic E-state index is 0.0244. The maximum absolute atomic E-state index is 12.4. The molecule has 5 nitrogen and oxygen atoms in total. The Kier molecular flexibility index (Phi) is 6.78. The van der Waals surface area contributed by atoms with Crippen LogP contribution in [0.15, 0.2) is 18.2 Å². The Balaban J connectivity index is 2.12. The normalized spacial score (nSPS) is 15.9. The number of likely N-dealkylation sites (tertiary alicyclic amines) is 1.